The van der Waals surface area contributed by atoms with Crippen molar-refractivity contribution in [1.29, 1.82) is 0 Å². The van der Waals surface area contributed by atoms with E-state index in [-0.39, 0.29) is 24.3 Å². The van der Waals surface area contributed by atoms with Crippen molar-refractivity contribution < 1.29 is 9.59 Å². The van der Waals surface area contributed by atoms with Crippen molar-refractivity contribution in [3.63, 3.8) is 0 Å². The number of benzene rings is 1. The molecule has 2 rings (SSSR count). The maximum Gasteiger partial charge on any atom is 0.239 e. The Kier molecular flexibility index (Phi) is 8.93. The fourth-order valence-corrected chi connectivity index (χ4v) is 3.65. The number of amides is 2. The maximum absolute atomic E-state index is 12.1. The summed E-state index contributed by atoms with van der Waals surface area (Å²) in [4.78, 5) is 26.4. The van der Waals surface area contributed by atoms with Crippen LogP contribution in [0, 0.1) is 5.92 Å². The molecular weight excluding hydrogens is 352 g/mol. The van der Waals surface area contributed by atoms with Crippen molar-refractivity contribution in [2.75, 3.05) is 13.6 Å². The number of rotatable bonds is 9. The van der Waals surface area contributed by atoms with Gasteiger partial charge in [0.15, 0.2) is 0 Å². The number of hydrogen-bond donors (Lipinski definition) is 3. The van der Waals surface area contributed by atoms with Gasteiger partial charge < -0.3 is 16.4 Å². The van der Waals surface area contributed by atoms with Crippen LogP contribution in [0.1, 0.15) is 57.1 Å². The third kappa shape index (κ3) is 6.91. The minimum absolute atomic E-state index is 0.0380. The van der Waals surface area contributed by atoms with Crippen LogP contribution >= 0.6 is 0 Å². The van der Waals surface area contributed by atoms with Crippen LogP contribution in [0.5, 0.6) is 0 Å². The Hall–Kier alpha value is -1.92. The lowest BCUT2D eigenvalue weighted by Crippen LogP contribution is -2.47. The first kappa shape index (κ1) is 22.4. The molecule has 6 heteroatoms. The topological polar surface area (TPSA) is 87.5 Å². The molecule has 1 aliphatic rings. The molecule has 0 aliphatic heterocycles. The van der Waals surface area contributed by atoms with E-state index in [4.69, 9.17) is 5.73 Å². The molecule has 1 aromatic carbocycles. The molecule has 1 aromatic rings. The van der Waals surface area contributed by atoms with E-state index in [1.54, 1.807) is 0 Å². The van der Waals surface area contributed by atoms with E-state index < -0.39 is 6.04 Å². The molecule has 2 amide bonds. The molecule has 1 atom stereocenters. The lowest BCUT2D eigenvalue weighted by Gasteiger charge is -2.31. The monoisotopic (exact) mass is 388 g/mol. The van der Waals surface area contributed by atoms with Gasteiger partial charge >= 0.3 is 0 Å². The third-order valence-electron chi connectivity index (χ3n) is 5.66. The van der Waals surface area contributed by atoms with E-state index in [1.165, 1.54) is 37.7 Å². The van der Waals surface area contributed by atoms with Gasteiger partial charge in [0.25, 0.3) is 0 Å². The number of carbonyl (C=O) groups excluding carboxylic acids is 2. The van der Waals surface area contributed by atoms with Gasteiger partial charge in [0.1, 0.15) is 0 Å². The zero-order valence-electron chi connectivity index (χ0n) is 17.5. The summed E-state index contributed by atoms with van der Waals surface area (Å²) in [6.45, 7) is 5.05. The zero-order chi connectivity index (χ0) is 20.5. The number of nitrogens with one attached hydrogen (secondary N) is 2. The first-order valence-electron chi connectivity index (χ1n) is 10.5. The van der Waals surface area contributed by atoms with E-state index in [2.05, 4.69) is 34.7 Å². The standard InChI is InChI=1S/C22H36N4O2/c1-16(2)21(23)22(28)25-14-20(27)24-13-17-9-7-8-10-18(17)15-26(3)19-11-5-4-6-12-19/h7-10,16,19,21H,4-6,11-15,23H2,1-3H3,(H,24,27)(H,25,28)/t21-/m0/s1. The maximum atomic E-state index is 12.1. The Balaban J connectivity index is 1.83. The molecule has 1 aliphatic carbocycles. The molecule has 0 radical (unpaired) electrons. The van der Waals surface area contributed by atoms with Crippen LogP contribution in [0.4, 0.5) is 0 Å². The van der Waals surface area contributed by atoms with Gasteiger partial charge in [-0.3, -0.25) is 14.5 Å². The summed E-state index contributed by atoms with van der Waals surface area (Å²) < 4.78 is 0. The summed E-state index contributed by atoms with van der Waals surface area (Å²) in [6.07, 6.45) is 6.53. The van der Waals surface area contributed by atoms with Gasteiger partial charge in [-0.1, -0.05) is 57.4 Å². The Morgan fingerprint density at radius 1 is 1.11 bits per heavy atom. The van der Waals surface area contributed by atoms with Crippen LogP contribution in [-0.2, 0) is 22.7 Å². The molecule has 1 saturated carbocycles. The van der Waals surface area contributed by atoms with Crippen LogP contribution < -0.4 is 16.4 Å². The third-order valence-corrected chi connectivity index (χ3v) is 5.66. The van der Waals surface area contributed by atoms with E-state index in [9.17, 15) is 9.59 Å². The average Bonchev–Trinajstić information content (AvgIpc) is 2.71. The van der Waals surface area contributed by atoms with Crippen molar-refractivity contribution in [2.45, 2.75) is 71.1 Å². The zero-order valence-corrected chi connectivity index (χ0v) is 17.5. The normalized spacial score (nSPS) is 16.2. The molecule has 156 valence electrons. The highest BCUT2D eigenvalue weighted by molar-refractivity contribution is 5.87. The molecular formula is C22H36N4O2. The van der Waals surface area contributed by atoms with E-state index in [1.807, 2.05) is 26.0 Å². The lowest BCUT2D eigenvalue weighted by atomic mass is 9.94. The Morgan fingerprint density at radius 3 is 2.39 bits per heavy atom. The molecule has 1 fully saturated rings. The number of carbonyl (C=O) groups is 2. The summed E-state index contributed by atoms with van der Waals surface area (Å²) in [5.74, 6) is -0.463. The second kappa shape index (κ2) is 11.2. The smallest absolute Gasteiger partial charge is 0.239 e. The fraction of sp³-hybridized carbons (Fsp3) is 0.636. The molecule has 0 heterocycles. The molecule has 6 nitrogen and oxygen atoms in total. The van der Waals surface area contributed by atoms with Gasteiger partial charge in [0.05, 0.1) is 12.6 Å². The minimum Gasteiger partial charge on any atom is -0.350 e. The summed E-state index contributed by atoms with van der Waals surface area (Å²) in [7, 11) is 2.19. The van der Waals surface area contributed by atoms with Crippen molar-refractivity contribution in [3.8, 4) is 0 Å². The highest BCUT2D eigenvalue weighted by Crippen LogP contribution is 2.23. The summed E-state index contributed by atoms with van der Waals surface area (Å²) in [5, 5.41) is 5.51. The Morgan fingerprint density at radius 2 is 1.75 bits per heavy atom. The van der Waals surface area contributed by atoms with Crippen LogP contribution in [0.25, 0.3) is 0 Å². The fourth-order valence-electron chi connectivity index (χ4n) is 3.65. The number of nitrogens with two attached hydrogens (primary N) is 1. The van der Waals surface area contributed by atoms with Crippen LogP contribution in [-0.4, -0.2) is 42.4 Å². The molecule has 0 saturated heterocycles. The first-order valence-corrected chi connectivity index (χ1v) is 10.5. The largest absolute Gasteiger partial charge is 0.350 e. The van der Waals surface area contributed by atoms with Crippen molar-refractivity contribution in [3.05, 3.63) is 35.4 Å². The molecule has 0 aromatic heterocycles. The van der Waals surface area contributed by atoms with Crippen molar-refractivity contribution >= 4 is 11.8 Å². The molecule has 0 unspecified atom stereocenters. The van der Waals surface area contributed by atoms with Gasteiger partial charge in [0, 0.05) is 19.1 Å². The van der Waals surface area contributed by atoms with Crippen molar-refractivity contribution in [1.82, 2.24) is 15.5 Å². The SMILES string of the molecule is CC(C)[C@H](N)C(=O)NCC(=O)NCc1ccccc1CN(C)C1CCCCC1. The van der Waals surface area contributed by atoms with E-state index in [0.717, 1.165) is 12.1 Å². The van der Waals surface area contributed by atoms with Crippen LogP contribution in [0.15, 0.2) is 24.3 Å². The lowest BCUT2D eigenvalue weighted by molar-refractivity contribution is -0.127. The van der Waals surface area contributed by atoms with E-state index >= 15 is 0 Å². The first-order chi connectivity index (χ1) is 13.4. The second-order valence-corrected chi connectivity index (χ2v) is 8.24. The molecule has 4 N–H and O–H groups in total. The predicted molar refractivity (Wildman–Crippen MR) is 112 cm³/mol. The number of hydrogen-bond acceptors (Lipinski definition) is 4. The van der Waals surface area contributed by atoms with E-state index in [0.29, 0.717) is 12.6 Å². The minimum atomic E-state index is -0.594. The van der Waals surface area contributed by atoms with Gasteiger partial charge in [-0.15, -0.1) is 0 Å². The quantitative estimate of drug-likeness (QED) is 0.605. The highest BCUT2D eigenvalue weighted by Gasteiger charge is 2.19. The molecule has 28 heavy (non-hydrogen) atoms. The molecule has 0 spiro atoms. The molecule has 0 bridgehead atoms. The number of nitrogens with zero attached hydrogens (tertiary/aromatic N) is 1. The second-order valence-electron chi connectivity index (χ2n) is 8.24. The predicted octanol–water partition coefficient (Wildman–Crippen LogP) is 2.17. The van der Waals surface area contributed by atoms with Crippen LogP contribution in [0.2, 0.25) is 0 Å². The Labute approximate surface area is 169 Å². The summed E-state index contributed by atoms with van der Waals surface area (Å²) >= 11 is 0. The summed E-state index contributed by atoms with van der Waals surface area (Å²) in [5.41, 5.74) is 8.14. The van der Waals surface area contributed by atoms with Crippen LogP contribution in [0.3, 0.4) is 0 Å². The van der Waals surface area contributed by atoms with Gasteiger partial charge in [0.2, 0.25) is 11.8 Å². The highest BCUT2D eigenvalue weighted by atomic mass is 16.2. The summed E-state index contributed by atoms with van der Waals surface area (Å²) in [6, 6.07) is 8.28. The Bertz CT molecular complexity index is 641. The van der Waals surface area contributed by atoms with Gasteiger partial charge in [-0.05, 0) is 36.9 Å². The van der Waals surface area contributed by atoms with Crippen molar-refractivity contribution in [2.24, 2.45) is 11.7 Å². The van der Waals surface area contributed by atoms with Gasteiger partial charge in [-0.25, -0.2) is 0 Å². The average molecular weight is 389 g/mol. The van der Waals surface area contributed by atoms with Gasteiger partial charge in [-0.2, -0.15) is 0 Å².